The Hall–Kier alpha value is -3.62. The molecular formula is C29H30N2O5S. The number of benzene rings is 2. The Bertz CT molecular complexity index is 1380. The summed E-state index contributed by atoms with van der Waals surface area (Å²) in [4.78, 5) is 21.3. The van der Waals surface area contributed by atoms with Gasteiger partial charge in [-0.25, -0.2) is 4.98 Å². The highest BCUT2D eigenvalue weighted by Crippen LogP contribution is 2.39. The first kappa shape index (κ1) is 25.0. The fourth-order valence-electron chi connectivity index (χ4n) is 4.80. The van der Waals surface area contributed by atoms with E-state index in [1.165, 1.54) is 11.3 Å². The van der Waals surface area contributed by atoms with Crippen LogP contribution >= 0.6 is 11.3 Å². The highest BCUT2D eigenvalue weighted by atomic mass is 32.1. The molecule has 2 aromatic heterocycles. The summed E-state index contributed by atoms with van der Waals surface area (Å²) in [6.07, 6.45) is 1.96. The topological polar surface area (TPSA) is 70.1 Å². The number of fused-ring (bicyclic) bond motifs is 1. The summed E-state index contributed by atoms with van der Waals surface area (Å²) in [7, 11) is 4.91. The minimum Gasteiger partial charge on any atom is -0.496 e. The summed E-state index contributed by atoms with van der Waals surface area (Å²) < 4.78 is 22.9. The quantitative estimate of drug-likeness (QED) is 0.279. The van der Waals surface area contributed by atoms with Crippen LogP contribution in [0.4, 0.5) is 0 Å². The van der Waals surface area contributed by atoms with E-state index in [0.29, 0.717) is 40.7 Å². The lowest BCUT2D eigenvalue weighted by atomic mass is 10.0. The Kier molecular flexibility index (Phi) is 7.58. The van der Waals surface area contributed by atoms with Crippen molar-refractivity contribution in [1.82, 2.24) is 9.88 Å². The van der Waals surface area contributed by atoms with Crippen LogP contribution in [0.25, 0.3) is 22.2 Å². The maximum absolute atomic E-state index is 13.6. The highest BCUT2D eigenvalue weighted by Gasteiger charge is 2.26. The van der Waals surface area contributed by atoms with E-state index in [-0.39, 0.29) is 12.0 Å². The van der Waals surface area contributed by atoms with Crippen molar-refractivity contribution >= 4 is 28.1 Å². The van der Waals surface area contributed by atoms with Gasteiger partial charge in [-0.15, -0.1) is 11.3 Å². The number of aromatic nitrogens is 1. The van der Waals surface area contributed by atoms with Crippen LogP contribution in [0.5, 0.6) is 17.2 Å². The van der Waals surface area contributed by atoms with E-state index in [4.69, 9.17) is 23.9 Å². The molecular weight excluding hydrogens is 488 g/mol. The number of amides is 1. The predicted molar refractivity (Wildman–Crippen MR) is 145 cm³/mol. The molecule has 0 unspecified atom stereocenters. The molecule has 3 heterocycles. The molecule has 1 aliphatic rings. The van der Waals surface area contributed by atoms with E-state index >= 15 is 0 Å². The standard InChI is InChI=1S/C29H30N2O5S/c1-33-23-10-5-4-9-21(23)27-19(16-22-24(34-2)12-13-25(35-3)28(22)30-27)17-31(18-20-8-6-14-36-20)29(32)26-11-7-15-37-26/h4-5,7,9-13,15-16,20H,6,8,14,17-18H2,1-3H3/t20-/m0/s1. The fraction of sp³-hybridized carbons (Fsp3) is 0.310. The van der Waals surface area contributed by atoms with Crippen molar-refractivity contribution in [3.05, 3.63) is 70.4 Å². The molecule has 192 valence electrons. The third-order valence-corrected chi connectivity index (χ3v) is 7.47. The van der Waals surface area contributed by atoms with Gasteiger partial charge in [0.1, 0.15) is 22.8 Å². The van der Waals surface area contributed by atoms with Crippen LogP contribution in [0.15, 0.2) is 60.0 Å². The Balaban J connectivity index is 1.67. The van der Waals surface area contributed by atoms with Gasteiger partial charge in [-0.1, -0.05) is 18.2 Å². The van der Waals surface area contributed by atoms with Crippen molar-refractivity contribution in [2.24, 2.45) is 0 Å². The van der Waals surface area contributed by atoms with Gasteiger partial charge in [-0.05, 0) is 60.2 Å². The first-order chi connectivity index (χ1) is 18.1. The molecule has 8 heteroatoms. The Morgan fingerprint density at radius 2 is 1.81 bits per heavy atom. The summed E-state index contributed by atoms with van der Waals surface area (Å²) in [5, 5.41) is 2.74. The zero-order chi connectivity index (χ0) is 25.8. The Labute approximate surface area is 220 Å². The van der Waals surface area contributed by atoms with Crippen LogP contribution in [0.3, 0.4) is 0 Å². The average Bonchev–Trinajstić information content (AvgIpc) is 3.66. The maximum atomic E-state index is 13.6. The SMILES string of the molecule is COc1ccccc1-c1nc2c(OC)ccc(OC)c2cc1CN(C[C@@H]1CCCO1)C(=O)c1cccs1. The van der Waals surface area contributed by atoms with E-state index < -0.39 is 0 Å². The van der Waals surface area contributed by atoms with Crippen molar-refractivity contribution < 1.29 is 23.7 Å². The summed E-state index contributed by atoms with van der Waals surface area (Å²) in [6, 6.07) is 17.3. The molecule has 0 N–H and O–H groups in total. The molecule has 0 radical (unpaired) electrons. The Morgan fingerprint density at radius 1 is 1.03 bits per heavy atom. The number of para-hydroxylation sites is 1. The van der Waals surface area contributed by atoms with Gasteiger partial charge >= 0.3 is 0 Å². The molecule has 2 aromatic carbocycles. The van der Waals surface area contributed by atoms with E-state index in [1.807, 2.05) is 58.8 Å². The summed E-state index contributed by atoms with van der Waals surface area (Å²) >= 11 is 1.44. The van der Waals surface area contributed by atoms with E-state index in [9.17, 15) is 4.79 Å². The summed E-state index contributed by atoms with van der Waals surface area (Å²) in [5.74, 6) is 2.01. The van der Waals surface area contributed by atoms with Crippen LogP contribution in [0.1, 0.15) is 28.1 Å². The number of nitrogens with zero attached hydrogens (tertiary/aromatic N) is 2. The van der Waals surface area contributed by atoms with Gasteiger partial charge in [0.05, 0.1) is 38.0 Å². The number of rotatable bonds is 9. The van der Waals surface area contributed by atoms with Crippen molar-refractivity contribution in [1.29, 1.82) is 0 Å². The van der Waals surface area contributed by atoms with Gasteiger partial charge in [-0.2, -0.15) is 0 Å². The number of hydrogen-bond acceptors (Lipinski definition) is 7. The molecule has 0 aliphatic carbocycles. The van der Waals surface area contributed by atoms with E-state index in [0.717, 1.165) is 41.7 Å². The van der Waals surface area contributed by atoms with Gasteiger partial charge in [0.2, 0.25) is 0 Å². The molecule has 0 spiro atoms. The van der Waals surface area contributed by atoms with Gasteiger partial charge in [0.15, 0.2) is 0 Å². The monoisotopic (exact) mass is 518 g/mol. The molecule has 7 nitrogen and oxygen atoms in total. The molecule has 0 saturated carbocycles. The van der Waals surface area contributed by atoms with E-state index in [2.05, 4.69) is 6.07 Å². The second-order valence-corrected chi connectivity index (χ2v) is 9.81. The summed E-state index contributed by atoms with van der Waals surface area (Å²) in [6.45, 7) is 1.59. The molecule has 1 atom stereocenters. The Morgan fingerprint density at radius 3 is 2.51 bits per heavy atom. The number of thiophene rings is 1. The van der Waals surface area contributed by atoms with Crippen molar-refractivity contribution in [2.45, 2.75) is 25.5 Å². The number of hydrogen-bond donors (Lipinski definition) is 0. The molecule has 1 fully saturated rings. The van der Waals surface area contributed by atoms with Crippen LogP contribution in [0.2, 0.25) is 0 Å². The third-order valence-electron chi connectivity index (χ3n) is 6.62. The van der Waals surface area contributed by atoms with Crippen LogP contribution in [-0.4, -0.2) is 56.4 Å². The molecule has 1 saturated heterocycles. The number of carbonyl (C=O) groups is 1. The molecule has 0 bridgehead atoms. The molecule has 5 rings (SSSR count). The van der Waals surface area contributed by atoms with E-state index in [1.54, 1.807) is 21.3 Å². The lowest BCUT2D eigenvalue weighted by Crippen LogP contribution is -2.36. The van der Waals surface area contributed by atoms with Crippen molar-refractivity contribution in [3.63, 3.8) is 0 Å². The average molecular weight is 519 g/mol. The van der Waals surface area contributed by atoms with Gasteiger partial charge in [0.25, 0.3) is 5.91 Å². The first-order valence-corrected chi connectivity index (χ1v) is 13.1. The second-order valence-electron chi connectivity index (χ2n) is 8.86. The number of pyridine rings is 1. The smallest absolute Gasteiger partial charge is 0.264 e. The minimum atomic E-state index is -0.0193. The van der Waals surface area contributed by atoms with Gasteiger partial charge in [-0.3, -0.25) is 4.79 Å². The lowest BCUT2D eigenvalue weighted by molar-refractivity contribution is 0.0511. The van der Waals surface area contributed by atoms with Crippen molar-refractivity contribution in [3.8, 4) is 28.5 Å². The maximum Gasteiger partial charge on any atom is 0.264 e. The number of ether oxygens (including phenoxy) is 4. The zero-order valence-corrected chi connectivity index (χ0v) is 22.0. The largest absolute Gasteiger partial charge is 0.496 e. The minimum absolute atomic E-state index is 0.0154. The molecule has 1 aliphatic heterocycles. The second kappa shape index (κ2) is 11.2. The fourth-order valence-corrected chi connectivity index (χ4v) is 5.49. The predicted octanol–water partition coefficient (Wildman–Crippen LogP) is 5.81. The zero-order valence-electron chi connectivity index (χ0n) is 21.2. The van der Waals surface area contributed by atoms with Gasteiger partial charge < -0.3 is 23.8 Å². The lowest BCUT2D eigenvalue weighted by Gasteiger charge is -2.26. The van der Waals surface area contributed by atoms with Crippen LogP contribution in [-0.2, 0) is 11.3 Å². The summed E-state index contributed by atoms with van der Waals surface area (Å²) in [5.41, 5.74) is 3.13. The molecule has 37 heavy (non-hydrogen) atoms. The molecule has 1 amide bonds. The normalized spacial score (nSPS) is 15.1. The van der Waals surface area contributed by atoms with Crippen molar-refractivity contribution in [2.75, 3.05) is 34.5 Å². The van der Waals surface area contributed by atoms with Crippen LogP contribution < -0.4 is 14.2 Å². The first-order valence-electron chi connectivity index (χ1n) is 12.2. The number of methoxy groups -OCH3 is 3. The highest BCUT2D eigenvalue weighted by molar-refractivity contribution is 7.12. The van der Waals surface area contributed by atoms with Crippen LogP contribution in [0, 0.1) is 0 Å². The number of carbonyl (C=O) groups excluding carboxylic acids is 1. The molecule has 4 aromatic rings. The van der Waals surface area contributed by atoms with Gasteiger partial charge in [0, 0.05) is 30.6 Å². The third kappa shape index (κ3) is 5.12.